The van der Waals surface area contributed by atoms with Crippen LogP contribution in [0, 0.1) is 0 Å². The van der Waals surface area contributed by atoms with Crippen LogP contribution in [0.1, 0.15) is 49.8 Å². The fraction of sp³-hybridized carbons (Fsp3) is 0.391. The standard InChI is InChI=1S/C23H27N9O2/c1-23(2,3)15-6-4-14(5-7-15)19-27-17-12-18(33)30-32(17)22(28-19)26-16-8-10-31(11-9-16)21(34)20-24-13-25-29-20/h4-7,12-13,16H,8-11H2,1-3H3,(H,30,33)(H,24,25,29)(H,26,27,28). The number of rotatable bonds is 4. The molecular weight excluding hydrogens is 434 g/mol. The molecule has 1 aromatic carbocycles. The topological polar surface area (TPSA) is 137 Å². The highest BCUT2D eigenvalue weighted by Crippen LogP contribution is 2.26. The van der Waals surface area contributed by atoms with Crippen molar-refractivity contribution in [2.75, 3.05) is 18.4 Å². The van der Waals surface area contributed by atoms with E-state index in [4.69, 9.17) is 4.98 Å². The van der Waals surface area contributed by atoms with Crippen molar-refractivity contribution in [2.24, 2.45) is 0 Å². The first-order valence-corrected chi connectivity index (χ1v) is 11.3. The number of carbonyl (C=O) groups excluding carboxylic acids is 1. The van der Waals surface area contributed by atoms with E-state index in [2.05, 4.69) is 63.5 Å². The summed E-state index contributed by atoms with van der Waals surface area (Å²) >= 11 is 0. The van der Waals surface area contributed by atoms with E-state index in [1.807, 2.05) is 12.1 Å². The normalized spacial score (nSPS) is 15.1. The van der Waals surface area contributed by atoms with Crippen molar-refractivity contribution in [2.45, 2.75) is 45.1 Å². The van der Waals surface area contributed by atoms with E-state index < -0.39 is 0 Å². The number of nitrogens with one attached hydrogen (secondary N) is 3. The van der Waals surface area contributed by atoms with Crippen LogP contribution in [0.4, 0.5) is 5.95 Å². The van der Waals surface area contributed by atoms with Crippen LogP contribution in [0.5, 0.6) is 0 Å². The van der Waals surface area contributed by atoms with Gasteiger partial charge in [-0.05, 0) is 23.8 Å². The van der Waals surface area contributed by atoms with Crippen LogP contribution in [-0.4, -0.2) is 64.7 Å². The molecule has 11 heteroatoms. The molecule has 0 unspecified atom stereocenters. The number of hydrogen-bond donors (Lipinski definition) is 3. The fourth-order valence-corrected chi connectivity index (χ4v) is 4.12. The molecule has 5 rings (SSSR count). The molecule has 176 valence electrons. The molecule has 11 nitrogen and oxygen atoms in total. The predicted octanol–water partition coefficient (Wildman–Crippen LogP) is 2.22. The Kier molecular flexibility index (Phi) is 5.39. The van der Waals surface area contributed by atoms with Gasteiger partial charge in [-0.15, -0.1) is 10.2 Å². The number of benzene rings is 1. The van der Waals surface area contributed by atoms with Crippen LogP contribution < -0.4 is 10.9 Å². The van der Waals surface area contributed by atoms with Crippen LogP contribution in [0.2, 0.25) is 0 Å². The molecule has 0 aliphatic carbocycles. The molecule has 1 aliphatic heterocycles. The minimum absolute atomic E-state index is 0.0493. The third-order valence-electron chi connectivity index (χ3n) is 6.10. The van der Waals surface area contributed by atoms with Gasteiger partial charge in [0.05, 0.1) is 0 Å². The molecule has 1 saturated heterocycles. The minimum atomic E-state index is -0.245. The summed E-state index contributed by atoms with van der Waals surface area (Å²) in [7, 11) is 0. The second kappa shape index (κ2) is 8.40. The Hall–Kier alpha value is -4.02. The van der Waals surface area contributed by atoms with Crippen LogP contribution in [-0.2, 0) is 5.41 Å². The summed E-state index contributed by atoms with van der Waals surface area (Å²) in [6.45, 7) is 7.67. The number of likely N-dealkylation sites (tertiary alicyclic amines) is 1. The Balaban J connectivity index is 1.37. The number of carbonyl (C=O) groups is 1. The van der Waals surface area contributed by atoms with E-state index in [9.17, 15) is 9.59 Å². The zero-order valence-electron chi connectivity index (χ0n) is 19.4. The zero-order chi connectivity index (χ0) is 23.9. The maximum atomic E-state index is 12.5. The van der Waals surface area contributed by atoms with Crippen LogP contribution in [0.25, 0.3) is 17.0 Å². The molecule has 1 aliphatic rings. The number of amides is 1. The number of aromatic nitrogens is 7. The van der Waals surface area contributed by atoms with E-state index in [0.29, 0.717) is 30.5 Å². The van der Waals surface area contributed by atoms with E-state index in [1.165, 1.54) is 18.0 Å². The Bertz CT molecular complexity index is 1360. The number of hydrogen-bond acceptors (Lipinski definition) is 7. The highest BCUT2D eigenvalue weighted by atomic mass is 16.2. The lowest BCUT2D eigenvalue weighted by molar-refractivity contribution is 0.0706. The third-order valence-corrected chi connectivity index (χ3v) is 6.10. The van der Waals surface area contributed by atoms with E-state index in [1.54, 1.807) is 9.42 Å². The van der Waals surface area contributed by atoms with Gasteiger partial charge in [-0.3, -0.25) is 14.7 Å². The van der Waals surface area contributed by atoms with E-state index in [0.717, 1.165) is 18.4 Å². The summed E-state index contributed by atoms with van der Waals surface area (Å²) in [4.78, 5) is 38.4. The molecule has 1 amide bonds. The largest absolute Gasteiger partial charge is 0.351 e. The Morgan fingerprint density at radius 1 is 1.12 bits per heavy atom. The molecule has 0 radical (unpaired) electrons. The van der Waals surface area contributed by atoms with Gasteiger partial charge >= 0.3 is 0 Å². The van der Waals surface area contributed by atoms with Gasteiger partial charge in [-0.2, -0.15) is 4.98 Å². The monoisotopic (exact) mass is 461 g/mol. The molecule has 1 fully saturated rings. The van der Waals surface area contributed by atoms with Gasteiger partial charge in [0.15, 0.2) is 11.5 Å². The molecule has 3 aromatic heterocycles. The molecule has 0 atom stereocenters. The van der Waals surface area contributed by atoms with Crippen LogP contribution >= 0.6 is 0 Å². The number of nitrogens with zero attached hydrogens (tertiary/aromatic N) is 6. The van der Waals surface area contributed by atoms with Gasteiger partial charge in [0, 0.05) is 30.8 Å². The first-order valence-electron chi connectivity index (χ1n) is 11.3. The molecule has 0 spiro atoms. The summed E-state index contributed by atoms with van der Waals surface area (Å²) in [6.07, 6.45) is 2.85. The maximum absolute atomic E-state index is 12.5. The zero-order valence-corrected chi connectivity index (χ0v) is 19.4. The number of H-pyrrole nitrogens is 2. The third kappa shape index (κ3) is 4.28. The SMILES string of the molecule is CC(C)(C)c1ccc(-c2nc(NC3CCN(C(=O)c4nnc[nH]4)CC3)n3[nH]c(=O)cc3n2)cc1. The van der Waals surface area contributed by atoms with Crippen molar-refractivity contribution in [1.82, 2.24) is 39.7 Å². The Morgan fingerprint density at radius 3 is 2.50 bits per heavy atom. The lowest BCUT2D eigenvalue weighted by atomic mass is 9.87. The Labute approximate surface area is 195 Å². The van der Waals surface area contributed by atoms with Crippen LogP contribution in [0.3, 0.4) is 0 Å². The number of anilines is 1. The average molecular weight is 462 g/mol. The van der Waals surface area contributed by atoms with Gasteiger partial charge in [0.2, 0.25) is 11.8 Å². The quantitative estimate of drug-likeness (QED) is 0.424. The molecule has 0 saturated carbocycles. The first-order chi connectivity index (χ1) is 16.3. The van der Waals surface area contributed by atoms with Crippen molar-refractivity contribution in [1.29, 1.82) is 0 Å². The summed E-state index contributed by atoms with van der Waals surface area (Å²) < 4.78 is 1.57. The van der Waals surface area contributed by atoms with Gasteiger partial charge in [0.25, 0.3) is 11.5 Å². The van der Waals surface area contributed by atoms with Crippen molar-refractivity contribution in [3.63, 3.8) is 0 Å². The Morgan fingerprint density at radius 2 is 1.85 bits per heavy atom. The molecule has 34 heavy (non-hydrogen) atoms. The fourth-order valence-electron chi connectivity index (χ4n) is 4.12. The average Bonchev–Trinajstić information content (AvgIpc) is 3.48. The van der Waals surface area contributed by atoms with Gasteiger partial charge < -0.3 is 15.2 Å². The van der Waals surface area contributed by atoms with Crippen molar-refractivity contribution in [3.05, 3.63) is 58.4 Å². The second-order valence-electron chi connectivity index (χ2n) is 9.56. The smallest absolute Gasteiger partial charge is 0.291 e. The number of fused-ring (bicyclic) bond motifs is 1. The van der Waals surface area contributed by atoms with Gasteiger partial charge in [-0.1, -0.05) is 45.0 Å². The predicted molar refractivity (Wildman–Crippen MR) is 127 cm³/mol. The summed E-state index contributed by atoms with van der Waals surface area (Å²) in [5.41, 5.74) is 2.40. The van der Waals surface area contributed by atoms with Gasteiger partial charge in [-0.25, -0.2) is 9.50 Å². The summed E-state index contributed by atoms with van der Waals surface area (Å²) in [5, 5.41) is 13.7. The molecule has 4 heterocycles. The second-order valence-corrected chi connectivity index (χ2v) is 9.56. The van der Waals surface area contributed by atoms with Crippen molar-refractivity contribution < 1.29 is 4.79 Å². The maximum Gasteiger partial charge on any atom is 0.291 e. The van der Waals surface area contributed by atoms with Crippen molar-refractivity contribution in [3.8, 4) is 11.4 Å². The summed E-state index contributed by atoms with van der Waals surface area (Å²) in [5.74, 6) is 1.15. The van der Waals surface area contributed by atoms with Gasteiger partial charge in [0.1, 0.15) is 6.33 Å². The first kappa shape index (κ1) is 21.8. The lowest BCUT2D eigenvalue weighted by Gasteiger charge is -2.32. The van der Waals surface area contributed by atoms with E-state index >= 15 is 0 Å². The molecule has 0 bridgehead atoms. The van der Waals surface area contributed by atoms with Crippen molar-refractivity contribution >= 4 is 17.5 Å². The van der Waals surface area contributed by atoms with E-state index in [-0.39, 0.29) is 28.7 Å². The highest BCUT2D eigenvalue weighted by Gasteiger charge is 2.26. The highest BCUT2D eigenvalue weighted by molar-refractivity contribution is 5.90. The number of aromatic amines is 2. The minimum Gasteiger partial charge on any atom is -0.351 e. The summed E-state index contributed by atoms with van der Waals surface area (Å²) in [6, 6.07) is 9.72. The molecule has 3 N–H and O–H groups in total. The number of piperidine rings is 1. The molecular formula is C23H27N9O2. The lowest BCUT2D eigenvalue weighted by Crippen LogP contribution is -2.43. The van der Waals surface area contributed by atoms with Crippen LogP contribution in [0.15, 0.2) is 41.5 Å². The molecule has 4 aromatic rings.